The summed E-state index contributed by atoms with van der Waals surface area (Å²) < 4.78 is 0.708. The number of amides is 1. The maximum Gasteiger partial charge on any atom is 0.237 e. The first-order chi connectivity index (χ1) is 13.4. The van der Waals surface area contributed by atoms with Gasteiger partial charge in [-0.3, -0.25) is 4.79 Å². The van der Waals surface area contributed by atoms with E-state index in [4.69, 9.17) is 5.26 Å². The van der Waals surface area contributed by atoms with Gasteiger partial charge in [-0.25, -0.2) is 0 Å². The summed E-state index contributed by atoms with van der Waals surface area (Å²) in [6.45, 7) is 5.95. The van der Waals surface area contributed by atoms with E-state index in [-0.39, 0.29) is 11.2 Å². The number of carbonyl (C=O) groups excluding carboxylic acids is 1. The molecule has 1 aromatic heterocycles. The number of aryl methyl sites for hydroxylation is 2. The van der Waals surface area contributed by atoms with Crippen molar-refractivity contribution in [2.75, 3.05) is 10.6 Å². The van der Waals surface area contributed by atoms with Crippen LogP contribution in [0.5, 0.6) is 0 Å². The van der Waals surface area contributed by atoms with E-state index in [2.05, 4.69) is 52.9 Å². The summed E-state index contributed by atoms with van der Waals surface area (Å²) in [5, 5.41) is 23.7. The second-order valence-electron chi connectivity index (χ2n) is 6.24. The smallest absolute Gasteiger partial charge is 0.237 e. The second-order valence-corrected chi connectivity index (χ2v) is 8.80. The fourth-order valence-corrected chi connectivity index (χ4v) is 4.28. The van der Waals surface area contributed by atoms with E-state index in [1.54, 1.807) is 24.3 Å². The Labute approximate surface area is 172 Å². The Hall–Kier alpha value is -2.89. The molecule has 8 heteroatoms. The van der Waals surface area contributed by atoms with E-state index in [9.17, 15) is 4.79 Å². The lowest BCUT2D eigenvalue weighted by Gasteiger charge is -2.10. The summed E-state index contributed by atoms with van der Waals surface area (Å²) in [5.41, 5.74) is 4.50. The van der Waals surface area contributed by atoms with Crippen LogP contribution in [0.3, 0.4) is 0 Å². The van der Waals surface area contributed by atoms with Gasteiger partial charge >= 0.3 is 0 Å². The molecule has 1 amide bonds. The van der Waals surface area contributed by atoms with Crippen LogP contribution in [-0.4, -0.2) is 21.4 Å². The number of aromatic nitrogens is 2. The molecule has 0 radical (unpaired) electrons. The topological polar surface area (TPSA) is 90.7 Å². The average molecular weight is 410 g/mol. The molecule has 28 heavy (non-hydrogen) atoms. The van der Waals surface area contributed by atoms with Gasteiger partial charge in [-0.2, -0.15) is 5.26 Å². The van der Waals surface area contributed by atoms with E-state index in [0.29, 0.717) is 20.7 Å². The van der Waals surface area contributed by atoms with Crippen LogP contribution < -0.4 is 10.6 Å². The minimum atomic E-state index is -0.354. The SMILES string of the molecule is Cc1ccc(Nc2nnc(S[C@H](C)C(=O)Nc3cccc(C#N)c3)s2)cc1C. The summed E-state index contributed by atoms with van der Waals surface area (Å²) in [5.74, 6) is -0.154. The third-order valence-electron chi connectivity index (χ3n) is 4.07. The number of nitriles is 1. The molecule has 0 aliphatic rings. The summed E-state index contributed by atoms with van der Waals surface area (Å²) in [6, 6.07) is 15.0. The van der Waals surface area contributed by atoms with E-state index in [1.165, 1.54) is 34.2 Å². The largest absolute Gasteiger partial charge is 0.330 e. The van der Waals surface area contributed by atoms with Crippen molar-refractivity contribution < 1.29 is 4.79 Å². The van der Waals surface area contributed by atoms with Crippen LogP contribution in [0.4, 0.5) is 16.5 Å². The zero-order valence-corrected chi connectivity index (χ0v) is 17.3. The van der Waals surface area contributed by atoms with Gasteiger partial charge in [-0.05, 0) is 62.2 Å². The molecular weight excluding hydrogens is 390 g/mol. The Morgan fingerprint density at radius 3 is 2.71 bits per heavy atom. The predicted octanol–water partition coefficient (Wildman–Crippen LogP) is 4.89. The van der Waals surface area contributed by atoms with Crippen molar-refractivity contribution in [3.8, 4) is 6.07 Å². The highest BCUT2D eigenvalue weighted by atomic mass is 32.2. The van der Waals surface area contributed by atoms with E-state index >= 15 is 0 Å². The standard InChI is InChI=1S/C20H19N5OS2/c1-12-7-8-17(9-13(12)2)23-19-24-25-20(28-19)27-14(3)18(26)22-16-6-4-5-15(10-16)11-21/h4-10,14H,1-3H3,(H,22,26)(H,23,24)/t14-/m1/s1. The van der Waals surface area contributed by atoms with E-state index in [0.717, 1.165) is 5.69 Å². The molecule has 2 aromatic carbocycles. The number of benzene rings is 2. The van der Waals surface area contributed by atoms with Gasteiger partial charge in [0.25, 0.3) is 0 Å². The Balaban J connectivity index is 1.59. The lowest BCUT2D eigenvalue weighted by atomic mass is 10.1. The van der Waals surface area contributed by atoms with Crippen LogP contribution in [0.2, 0.25) is 0 Å². The quantitative estimate of drug-likeness (QED) is 0.563. The zero-order valence-electron chi connectivity index (χ0n) is 15.7. The summed E-state index contributed by atoms with van der Waals surface area (Å²) in [7, 11) is 0. The maximum atomic E-state index is 12.4. The summed E-state index contributed by atoms with van der Waals surface area (Å²) in [6.07, 6.45) is 0. The number of nitrogens with one attached hydrogen (secondary N) is 2. The van der Waals surface area contributed by atoms with Gasteiger partial charge in [-0.15, -0.1) is 10.2 Å². The van der Waals surface area contributed by atoms with Gasteiger partial charge in [-0.1, -0.05) is 35.2 Å². The van der Waals surface area contributed by atoms with Crippen LogP contribution in [0.1, 0.15) is 23.6 Å². The highest BCUT2D eigenvalue weighted by molar-refractivity contribution is 8.02. The molecule has 0 spiro atoms. The first-order valence-corrected chi connectivity index (χ1v) is 10.3. The molecule has 0 fully saturated rings. The monoisotopic (exact) mass is 409 g/mol. The van der Waals surface area contributed by atoms with Crippen molar-refractivity contribution in [3.05, 3.63) is 59.2 Å². The number of nitrogens with zero attached hydrogens (tertiary/aromatic N) is 3. The van der Waals surface area contributed by atoms with Crippen LogP contribution in [0.25, 0.3) is 0 Å². The van der Waals surface area contributed by atoms with Gasteiger partial charge in [0.15, 0.2) is 4.34 Å². The Morgan fingerprint density at radius 1 is 1.14 bits per heavy atom. The minimum Gasteiger partial charge on any atom is -0.330 e. The number of hydrogen-bond donors (Lipinski definition) is 2. The molecule has 1 atom stereocenters. The third-order valence-corrected chi connectivity index (χ3v) is 6.09. The second kappa shape index (κ2) is 8.87. The number of hydrogen-bond acceptors (Lipinski definition) is 7. The molecule has 0 saturated carbocycles. The fraction of sp³-hybridized carbons (Fsp3) is 0.200. The third kappa shape index (κ3) is 5.09. The first-order valence-electron chi connectivity index (χ1n) is 8.60. The molecular formula is C20H19N5OS2. The van der Waals surface area contributed by atoms with Crippen LogP contribution in [0, 0.1) is 25.2 Å². The molecule has 6 nitrogen and oxygen atoms in total. The van der Waals surface area contributed by atoms with Crippen molar-refractivity contribution in [1.82, 2.24) is 10.2 Å². The van der Waals surface area contributed by atoms with Crippen molar-refractivity contribution in [3.63, 3.8) is 0 Å². The highest BCUT2D eigenvalue weighted by Crippen LogP contribution is 2.31. The highest BCUT2D eigenvalue weighted by Gasteiger charge is 2.17. The number of carbonyl (C=O) groups is 1. The zero-order chi connectivity index (χ0) is 20.1. The van der Waals surface area contributed by atoms with Gasteiger partial charge in [0, 0.05) is 11.4 Å². The van der Waals surface area contributed by atoms with Gasteiger partial charge < -0.3 is 10.6 Å². The molecule has 3 aromatic rings. The average Bonchev–Trinajstić information content (AvgIpc) is 3.11. The molecule has 3 rings (SSSR count). The summed E-state index contributed by atoms with van der Waals surface area (Å²) >= 11 is 2.75. The van der Waals surface area contributed by atoms with Gasteiger partial charge in [0.05, 0.1) is 16.9 Å². The van der Waals surface area contributed by atoms with Crippen molar-refractivity contribution in [2.45, 2.75) is 30.4 Å². The first kappa shape index (κ1) is 19.9. The van der Waals surface area contributed by atoms with Gasteiger partial charge in [0.1, 0.15) is 0 Å². The predicted molar refractivity (Wildman–Crippen MR) is 114 cm³/mol. The maximum absolute atomic E-state index is 12.4. The minimum absolute atomic E-state index is 0.154. The van der Waals surface area contributed by atoms with Crippen molar-refractivity contribution in [2.24, 2.45) is 0 Å². The summed E-state index contributed by atoms with van der Waals surface area (Å²) in [4.78, 5) is 12.4. The fourth-order valence-electron chi connectivity index (χ4n) is 2.37. The molecule has 0 aliphatic carbocycles. The van der Waals surface area contributed by atoms with Gasteiger partial charge in [0.2, 0.25) is 11.0 Å². The molecule has 0 aliphatic heterocycles. The molecule has 1 heterocycles. The van der Waals surface area contributed by atoms with Crippen molar-refractivity contribution >= 4 is 45.5 Å². The Bertz CT molecular complexity index is 1040. The lowest BCUT2D eigenvalue weighted by molar-refractivity contribution is -0.115. The number of thioether (sulfide) groups is 1. The molecule has 2 N–H and O–H groups in total. The molecule has 0 unspecified atom stereocenters. The molecule has 0 bridgehead atoms. The van der Waals surface area contributed by atoms with Crippen LogP contribution >= 0.6 is 23.1 Å². The number of rotatable bonds is 6. The van der Waals surface area contributed by atoms with Crippen LogP contribution in [0.15, 0.2) is 46.8 Å². The normalized spacial score (nSPS) is 11.5. The van der Waals surface area contributed by atoms with E-state index in [1.807, 2.05) is 13.0 Å². The number of anilines is 3. The van der Waals surface area contributed by atoms with Crippen LogP contribution in [-0.2, 0) is 4.79 Å². The van der Waals surface area contributed by atoms with E-state index < -0.39 is 0 Å². The Kier molecular flexibility index (Phi) is 6.29. The van der Waals surface area contributed by atoms with Crippen molar-refractivity contribution in [1.29, 1.82) is 5.26 Å². The molecule has 142 valence electrons. The lowest BCUT2D eigenvalue weighted by Crippen LogP contribution is -2.22. The molecule has 0 saturated heterocycles. The Morgan fingerprint density at radius 2 is 1.96 bits per heavy atom.